The highest BCUT2D eigenvalue weighted by Gasteiger charge is 2.70. The molecule has 1 aliphatic carbocycles. The fourth-order valence-electron chi connectivity index (χ4n) is 4.61. The zero-order chi connectivity index (χ0) is 19.4. The van der Waals surface area contributed by atoms with Gasteiger partial charge in [-0.05, 0) is 23.2 Å². The molecule has 1 saturated carbocycles. The summed E-state index contributed by atoms with van der Waals surface area (Å²) in [7, 11) is 0. The monoisotopic (exact) mass is 366 g/mol. The lowest BCUT2D eigenvalue weighted by molar-refractivity contribution is -0.153. The molecule has 5 atom stereocenters. The predicted octanol–water partition coefficient (Wildman–Crippen LogP) is 1.12. The van der Waals surface area contributed by atoms with Crippen LogP contribution in [-0.4, -0.2) is 59.6 Å². The Kier molecular flexibility index (Phi) is 4.58. The predicted molar refractivity (Wildman–Crippen MR) is 94.2 cm³/mol. The summed E-state index contributed by atoms with van der Waals surface area (Å²) in [4.78, 5) is 39.1. The van der Waals surface area contributed by atoms with Crippen LogP contribution in [0.1, 0.15) is 41.0 Å². The van der Waals surface area contributed by atoms with Crippen molar-refractivity contribution in [3.8, 4) is 0 Å². The van der Waals surface area contributed by atoms with Gasteiger partial charge in [0.1, 0.15) is 12.1 Å². The van der Waals surface area contributed by atoms with Crippen molar-refractivity contribution in [2.24, 2.45) is 28.6 Å². The third-order valence-electron chi connectivity index (χ3n) is 6.44. The fraction of sp³-hybridized carbons (Fsp3) is 0.842. The summed E-state index contributed by atoms with van der Waals surface area (Å²) in [6, 6.07) is -1.56. The molecule has 0 aromatic carbocycles. The molecule has 0 bridgehead atoms. The van der Waals surface area contributed by atoms with Crippen molar-refractivity contribution >= 4 is 17.8 Å². The summed E-state index contributed by atoms with van der Waals surface area (Å²) < 4.78 is 5.26. The number of piperidine rings is 1. The molecule has 7 heteroatoms. The second-order valence-electron chi connectivity index (χ2n) is 9.60. The number of aliphatic carboxylic acids is 1. The van der Waals surface area contributed by atoms with Crippen LogP contribution in [0.25, 0.3) is 0 Å². The third-order valence-corrected chi connectivity index (χ3v) is 6.44. The van der Waals surface area contributed by atoms with Crippen molar-refractivity contribution in [1.82, 2.24) is 10.2 Å². The molecule has 3 fully saturated rings. The van der Waals surface area contributed by atoms with Gasteiger partial charge in [0, 0.05) is 19.1 Å². The van der Waals surface area contributed by atoms with Crippen LogP contribution in [-0.2, 0) is 19.1 Å². The zero-order valence-electron chi connectivity index (χ0n) is 16.2. The van der Waals surface area contributed by atoms with Crippen molar-refractivity contribution in [1.29, 1.82) is 0 Å². The smallest absolute Gasteiger partial charge is 0.326 e. The first kappa shape index (κ1) is 19.1. The average Bonchev–Trinajstić information content (AvgIpc) is 3.01. The molecule has 2 amide bonds. The highest BCUT2D eigenvalue weighted by Crippen LogP contribution is 2.65. The van der Waals surface area contributed by atoms with Crippen LogP contribution in [0.5, 0.6) is 0 Å². The first-order valence-corrected chi connectivity index (χ1v) is 9.37. The number of rotatable bonds is 4. The standard InChI is InChI=1S/C19H30N2O5/c1-18(2,3)14(20-15(22)10-6-7-26-9-10)16(23)21-8-11-12(19(11,4)5)13(21)17(24)25/h10-14H,6-9H2,1-5H3,(H,20,22)(H,24,25)/t10-,11-,12-,13-,14?/m0/s1. The Bertz CT molecular complexity index is 618. The first-order chi connectivity index (χ1) is 12.0. The van der Waals surface area contributed by atoms with Gasteiger partial charge in [-0.15, -0.1) is 0 Å². The summed E-state index contributed by atoms with van der Waals surface area (Å²) >= 11 is 0. The number of ether oxygens (including phenoxy) is 1. The molecule has 0 spiro atoms. The van der Waals surface area contributed by atoms with Crippen LogP contribution in [0.3, 0.4) is 0 Å². The van der Waals surface area contributed by atoms with E-state index in [1.54, 1.807) is 0 Å². The number of carboxylic acids is 1. The highest BCUT2D eigenvalue weighted by molar-refractivity contribution is 5.92. The van der Waals surface area contributed by atoms with Crippen LogP contribution in [0.15, 0.2) is 0 Å². The van der Waals surface area contributed by atoms with Crippen molar-refractivity contribution in [2.75, 3.05) is 19.8 Å². The van der Waals surface area contributed by atoms with E-state index in [1.165, 1.54) is 4.90 Å². The lowest BCUT2D eigenvalue weighted by Gasteiger charge is -2.37. The highest BCUT2D eigenvalue weighted by atomic mass is 16.5. The second-order valence-corrected chi connectivity index (χ2v) is 9.60. The molecule has 26 heavy (non-hydrogen) atoms. The molecule has 0 radical (unpaired) electrons. The van der Waals surface area contributed by atoms with Crippen LogP contribution in [0.2, 0.25) is 0 Å². The topological polar surface area (TPSA) is 95.9 Å². The summed E-state index contributed by atoms with van der Waals surface area (Å²) in [6.45, 7) is 11.1. The Labute approximate surface area is 154 Å². The van der Waals surface area contributed by atoms with Crippen molar-refractivity contribution in [3.05, 3.63) is 0 Å². The van der Waals surface area contributed by atoms with E-state index in [0.29, 0.717) is 26.2 Å². The molecule has 3 rings (SSSR count). The first-order valence-electron chi connectivity index (χ1n) is 9.37. The van der Waals surface area contributed by atoms with E-state index in [2.05, 4.69) is 19.2 Å². The summed E-state index contributed by atoms with van der Waals surface area (Å²) in [5.41, 5.74) is -0.556. The Balaban J connectivity index is 1.78. The maximum atomic E-state index is 13.3. The molecule has 7 nitrogen and oxygen atoms in total. The van der Waals surface area contributed by atoms with E-state index in [1.807, 2.05) is 20.8 Å². The van der Waals surface area contributed by atoms with Crippen LogP contribution in [0, 0.1) is 28.6 Å². The second kappa shape index (κ2) is 6.22. The van der Waals surface area contributed by atoms with Crippen LogP contribution >= 0.6 is 0 Å². The van der Waals surface area contributed by atoms with Gasteiger partial charge in [0.05, 0.1) is 12.5 Å². The summed E-state index contributed by atoms with van der Waals surface area (Å²) in [5, 5.41) is 12.6. The van der Waals surface area contributed by atoms with E-state index in [-0.39, 0.29) is 35.0 Å². The van der Waals surface area contributed by atoms with Gasteiger partial charge in [0.15, 0.2) is 0 Å². The third kappa shape index (κ3) is 3.10. The average molecular weight is 366 g/mol. The van der Waals surface area contributed by atoms with Gasteiger partial charge in [0.2, 0.25) is 11.8 Å². The number of nitrogens with zero attached hydrogens (tertiary/aromatic N) is 1. The largest absolute Gasteiger partial charge is 0.480 e. The minimum absolute atomic E-state index is 0.0106. The van der Waals surface area contributed by atoms with E-state index in [0.717, 1.165) is 0 Å². The Morgan fingerprint density at radius 2 is 1.92 bits per heavy atom. The molecule has 2 N–H and O–H groups in total. The van der Waals surface area contributed by atoms with E-state index >= 15 is 0 Å². The summed E-state index contributed by atoms with van der Waals surface area (Å²) in [6.07, 6.45) is 0.649. The number of carbonyl (C=O) groups excluding carboxylic acids is 2. The molecule has 2 aliphatic heterocycles. The Morgan fingerprint density at radius 3 is 2.42 bits per heavy atom. The number of hydrogen-bond acceptors (Lipinski definition) is 4. The molecule has 0 aromatic heterocycles. The number of likely N-dealkylation sites (tertiary alicyclic amines) is 1. The number of fused-ring (bicyclic) bond motifs is 1. The number of hydrogen-bond donors (Lipinski definition) is 2. The van der Waals surface area contributed by atoms with E-state index < -0.39 is 23.5 Å². The zero-order valence-corrected chi connectivity index (χ0v) is 16.2. The van der Waals surface area contributed by atoms with Crippen molar-refractivity contribution in [2.45, 2.75) is 53.1 Å². The maximum absolute atomic E-state index is 13.3. The van der Waals surface area contributed by atoms with E-state index in [9.17, 15) is 19.5 Å². The molecule has 0 aromatic rings. The molecule has 2 saturated heterocycles. The number of nitrogens with one attached hydrogen (secondary N) is 1. The summed E-state index contributed by atoms with van der Waals surface area (Å²) in [5.74, 6) is -1.48. The Morgan fingerprint density at radius 1 is 1.27 bits per heavy atom. The Hall–Kier alpha value is -1.63. The van der Waals surface area contributed by atoms with Gasteiger partial charge in [-0.1, -0.05) is 34.6 Å². The van der Waals surface area contributed by atoms with Crippen LogP contribution < -0.4 is 5.32 Å². The van der Waals surface area contributed by atoms with Gasteiger partial charge in [0.25, 0.3) is 0 Å². The molecular formula is C19H30N2O5. The van der Waals surface area contributed by atoms with Gasteiger partial charge in [-0.3, -0.25) is 9.59 Å². The quantitative estimate of drug-likeness (QED) is 0.777. The SMILES string of the molecule is CC(C)(C)C(NC(=O)[C@H]1CCOC1)C(=O)N1C[C@H]2[C@@H]([C@H]1C(=O)O)C2(C)C. The minimum atomic E-state index is -0.959. The lowest BCUT2D eigenvalue weighted by Crippen LogP contribution is -2.58. The maximum Gasteiger partial charge on any atom is 0.326 e. The van der Waals surface area contributed by atoms with Gasteiger partial charge in [-0.25, -0.2) is 4.79 Å². The van der Waals surface area contributed by atoms with Gasteiger partial charge >= 0.3 is 5.97 Å². The molecule has 1 unspecified atom stereocenters. The van der Waals surface area contributed by atoms with Crippen LogP contribution in [0.4, 0.5) is 0 Å². The molecule has 2 heterocycles. The fourth-order valence-corrected chi connectivity index (χ4v) is 4.61. The molecule has 3 aliphatic rings. The van der Waals surface area contributed by atoms with Crippen molar-refractivity contribution < 1.29 is 24.2 Å². The normalized spacial score (nSPS) is 33.5. The minimum Gasteiger partial charge on any atom is -0.480 e. The number of amides is 2. The van der Waals surface area contributed by atoms with Crippen molar-refractivity contribution in [3.63, 3.8) is 0 Å². The van der Waals surface area contributed by atoms with Gasteiger partial charge in [-0.2, -0.15) is 0 Å². The lowest BCUT2D eigenvalue weighted by atomic mass is 9.84. The molecule has 146 valence electrons. The number of carboxylic acid groups (broad SMARTS) is 1. The number of carbonyl (C=O) groups is 3. The van der Waals surface area contributed by atoms with E-state index in [4.69, 9.17) is 4.74 Å². The molecular weight excluding hydrogens is 336 g/mol. The van der Waals surface area contributed by atoms with Gasteiger partial charge < -0.3 is 20.1 Å².